The van der Waals surface area contributed by atoms with Crippen LogP contribution in [0.5, 0.6) is 23.0 Å². The molecule has 0 aliphatic heterocycles. The number of hydrogen-bond donors (Lipinski definition) is 0. The number of benzene rings is 2. The van der Waals surface area contributed by atoms with Crippen molar-refractivity contribution < 1.29 is 48.2 Å². The van der Waals surface area contributed by atoms with Gasteiger partial charge >= 0.3 is 0 Å². The quantitative estimate of drug-likeness (QED) is 0.177. The molecule has 0 aliphatic rings. The Bertz CT molecular complexity index is 1800. The molecule has 6 aromatic rings. The zero-order valence-electron chi connectivity index (χ0n) is 28.6. The summed E-state index contributed by atoms with van der Waals surface area (Å²) < 4.78 is 28.9. The van der Waals surface area contributed by atoms with E-state index in [9.17, 15) is 0 Å². The van der Waals surface area contributed by atoms with Gasteiger partial charge in [-0.1, -0.05) is 18.2 Å². The molecule has 13 nitrogen and oxygen atoms in total. The Morgan fingerprint density at radius 3 is 1.56 bits per heavy atom. The van der Waals surface area contributed by atoms with Gasteiger partial charge < -0.3 is 42.3 Å². The Labute approximate surface area is 294 Å². The fourth-order valence-corrected chi connectivity index (χ4v) is 4.38. The number of pyridine rings is 1. The Balaban J connectivity index is 0.000000199. The predicted octanol–water partition coefficient (Wildman–Crippen LogP) is 2.96. The van der Waals surface area contributed by atoms with Gasteiger partial charge in [-0.3, -0.25) is 15.3 Å². The van der Waals surface area contributed by atoms with Crippen molar-refractivity contribution in [1.82, 2.24) is 34.7 Å². The monoisotopic (exact) mass is 829 g/mol. The number of nitrogens with zero attached hydrogens (tertiary/aromatic N) is 9. The van der Waals surface area contributed by atoms with Gasteiger partial charge in [0.15, 0.2) is 0 Å². The van der Waals surface area contributed by atoms with Crippen LogP contribution in [0.4, 0.5) is 0 Å². The van der Waals surface area contributed by atoms with Crippen LogP contribution in [0.1, 0.15) is 22.8 Å². The van der Waals surface area contributed by atoms with Crippen LogP contribution in [0.15, 0.2) is 48.7 Å². The number of hydrogen-bond acceptors (Lipinski definition) is 8. The second kappa shape index (κ2) is 17.2. The summed E-state index contributed by atoms with van der Waals surface area (Å²) in [7, 11) is 10.5. The molecule has 0 N–H and O–H groups in total. The largest absolute Gasteiger partial charge is 0.560 e. The number of imidazole rings is 2. The predicted molar refractivity (Wildman–Crippen MR) is 171 cm³/mol. The molecule has 0 amide bonds. The van der Waals surface area contributed by atoms with Gasteiger partial charge in [0, 0.05) is 72.1 Å². The SMILES string of the molecule is COc1c[c-]c(-n2[c-][n+](C)c(C)c2C)c(OC)c1.COc1c[c-]c(-n2[c-][n+](C)c(C)c2C)c(OC)c1.[Ir].c1ccc(-c2nnn[n-]2)nc1. The molecule has 0 atom stereocenters. The van der Waals surface area contributed by atoms with Crippen molar-refractivity contribution in [2.45, 2.75) is 27.7 Å². The van der Waals surface area contributed by atoms with Crippen LogP contribution in [-0.4, -0.2) is 58.1 Å². The molecule has 48 heavy (non-hydrogen) atoms. The van der Waals surface area contributed by atoms with Crippen molar-refractivity contribution in [3.63, 3.8) is 0 Å². The van der Waals surface area contributed by atoms with Crippen LogP contribution in [-0.2, 0) is 34.2 Å². The van der Waals surface area contributed by atoms with E-state index in [1.807, 2.05) is 70.5 Å². The van der Waals surface area contributed by atoms with Gasteiger partial charge in [0.1, 0.15) is 0 Å². The molecule has 0 spiro atoms. The number of tetrazole rings is 1. The summed E-state index contributed by atoms with van der Waals surface area (Å²) in [5.41, 5.74) is 6.88. The van der Waals surface area contributed by atoms with Crippen molar-refractivity contribution in [3.05, 3.63) is 96.2 Å². The summed E-state index contributed by atoms with van der Waals surface area (Å²) in [5.74, 6) is 3.34. The smallest absolute Gasteiger partial charge is 0.241 e. The third-order valence-electron chi connectivity index (χ3n) is 7.51. The average molecular weight is 829 g/mol. The minimum atomic E-state index is 0. The molecule has 0 fully saturated rings. The molecule has 0 saturated heterocycles. The van der Waals surface area contributed by atoms with Crippen LogP contribution in [0, 0.1) is 52.5 Å². The third-order valence-corrected chi connectivity index (χ3v) is 7.51. The molecule has 0 saturated carbocycles. The third kappa shape index (κ3) is 8.44. The van der Waals surface area contributed by atoms with E-state index < -0.39 is 0 Å². The summed E-state index contributed by atoms with van der Waals surface area (Å²) in [6.07, 6.45) is 8.12. The number of aryl methyl sites for hydroxylation is 2. The standard InChI is InChI=1S/2C14H17N2O2.C6H4N5.Ir/c2*1-10-11(2)16(9-15(10)3)13-7-6-12(17-4)8-14(13)18-5;1-2-4-7-5(3-1)6-8-10-11-9-6;/h2*6,8H,1-5H3;1-4H;/q3*-1;. The van der Waals surface area contributed by atoms with Crippen molar-refractivity contribution >= 4 is 0 Å². The van der Waals surface area contributed by atoms with Gasteiger partial charge in [-0.2, -0.15) is 17.3 Å². The molecular weight excluding hydrogens is 791 g/mol. The maximum atomic E-state index is 5.39. The number of aromatic nitrogens is 9. The molecule has 1 radical (unpaired) electrons. The topological polar surface area (TPSA) is 120 Å². The van der Waals surface area contributed by atoms with Crippen molar-refractivity contribution in [2.75, 3.05) is 28.4 Å². The van der Waals surface area contributed by atoms with Crippen LogP contribution in [0.3, 0.4) is 0 Å². The van der Waals surface area contributed by atoms with Gasteiger partial charge in [0.25, 0.3) is 0 Å². The van der Waals surface area contributed by atoms with Crippen LogP contribution in [0.25, 0.3) is 22.9 Å². The minimum absolute atomic E-state index is 0. The van der Waals surface area contributed by atoms with E-state index in [2.05, 4.69) is 64.2 Å². The van der Waals surface area contributed by atoms with Crippen molar-refractivity contribution in [1.29, 1.82) is 0 Å². The van der Waals surface area contributed by atoms with Crippen LogP contribution >= 0.6 is 0 Å². The number of rotatable bonds is 7. The molecule has 2 aromatic carbocycles. The number of ether oxygens (including phenoxy) is 4. The normalized spacial score (nSPS) is 10.1. The van der Waals surface area contributed by atoms with Gasteiger partial charge in [-0.15, -0.1) is 12.1 Å². The maximum absolute atomic E-state index is 5.39. The maximum Gasteiger partial charge on any atom is 0.241 e. The first kappa shape index (κ1) is 37.4. The molecule has 0 aliphatic carbocycles. The second-order valence-electron chi connectivity index (χ2n) is 10.2. The minimum Gasteiger partial charge on any atom is -0.560 e. The van der Waals surface area contributed by atoms with Crippen molar-refractivity contribution in [3.8, 4) is 45.9 Å². The summed E-state index contributed by atoms with van der Waals surface area (Å²) in [6.45, 7) is 8.20. The summed E-state index contributed by atoms with van der Waals surface area (Å²) in [6, 6.07) is 19.1. The Kier molecular flexibility index (Phi) is 13.4. The molecule has 4 aromatic heterocycles. The van der Waals surface area contributed by atoms with Gasteiger partial charge in [-0.25, -0.2) is 0 Å². The first-order valence-corrected chi connectivity index (χ1v) is 14.5. The van der Waals surface area contributed by atoms with E-state index in [0.717, 1.165) is 45.6 Å². The van der Waals surface area contributed by atoms with Gasteiger partial charge in [-0.05, 0) is 51.2 Å². The molecule has 0 unspecified atom stereocenters. The zero-order valence-corrected chi connectivity index (χ0v) is 31.0. The van der Waals surface area contributed by atoms with E-state index >= 15 is 0 Å². The van der Waals surface area contributed by atoms with E-state index in [0.29, 0.717) is 23.0 Å². The Morgan fingerprint density at radius 1 is 0.729 bits per heavy atom. The molecule has 4 heterocycles. The van der Waals surface area contributed by atoms with Gasteiger partial charge in [0.05, 0.1) is 54.1 Å². The molecule has 0 bridgehead atoms. The van der Waals surface area contributed by atoms with Crippen LogP contribution in [0.2, 0.25) is 0 Å². The van der Waals surface area contributed by atoms with E-state index in [-0.39, 0.29) is 20.1 Å². The second-order valence-corrected chi connectivity index (χ2v) is 10.2. The summed E-state index contributed by atoms with van der Waals surface area (Å²) in [4.78, 5) is 4.02. The molecular formula is C34H38IrN9O4-3. The van der Waals surface area contributed by atoms with Crippen LogP contribution < -0.4 is 33.2 Å². The Hall–Kier alpha value is -5.07. The number of methoxy groups -OCH3 is 4. The fourth-order valence-electron chi connectivity index (χ4n) is 4.38. The molecule has 14 heteroatoms. The van der Waals surface area contributed by atoms with Gasteiger partial charge in [0.2, 0.25) is 12.7 Å². The molecule has 255 valence electrons. The first-order chi connectivity index (χ1) is 22.6. The zero-order chi connectivity index (χ0) is 34.1. The summed E-state index contributed by atoms with van der Waals surface area (Å²) in [5, 5.41) is 14.0. The average Bonchev–Trinajstić information content (AvgIpc) is 3.81. The fraction of sp³-hybridized carbons (Fsp3) is 0.294. The van der Waals surface area contributed by atoms with E-state index in [4.69, 9.17) is 18.9 Å². The van der Waals surface area contributed by atoms with E-state index in [1.54, 1.807) is 52.8 Å². The van der Waals surface area contributed by atoms with Crippen molar-refractivity contribution in [2.24, 2.45) is 14.1 Å². The first-order valence-electron chi connectivity index (χ1n) is 14.5. The Morgan fingerprint density at radius 2 is 1.23 bits per heavy atom. The summed E-state index contributed by atoms with van der Waals surface area (Å²) >= 11 is 0. The molecule has 6 rings (SSSR count). The van der Waals surface area contributed by atoms with E-state index in [1.165, 1.54) is 0 Å².